The summed E-state index contributed by atoms with van der Waals surface area (Å²) in [5.41, 5.74) is 0.423. The summed E-state index contributed by atoms with van der Waals surface area (Å²) in [6.07, 6.45) is 0. The van der Waals surface area contributed by atoms with Crippen molar-refractivity contribution in [3.8, 4) is 0 Å². The van der Waals surface area contributed by atoms with Crippen LogP contribution in [-0.4, -0.2) is 5.11 Å². The molecular weight excluding hydrogens is 186 g/mol. The van der Waals surface area contributed by atoms with Crippen LogP contribution < -0.4 is 34.5 Å². The van der Waals surface area contributed by atoms with Crippen LogP contribution in [0.1, 0.15) is 11.4 Å². The van der Waals surface area contributed by atoms with Gasteiger partial charge in [0, 0.05) is 8.03 Å². The van der Waals surface area contributed by atoms with Gasteiger partial charge < -0.3 is 14.6 Å². The van der Waals surface area contributed by atoms with E-state index >= 15 is 0 Å². The van der Waals surface area contributed by atoms with Crippen LogP contribution in [0.3, 0.4) is 0 Å². The second kappa shape index (κ2) is 5.92. The number of aliphatic hydroxyl groups excluding tert-OH is 1. The van der Waals surface area contributed by atoms with Gasteiger partial charge in [0.25, 0.3) is 0 Å². The summed E-state index contributed by atoms with van der Waals surface area (Å²) in [4.78, 5) is 10.3. The van der Waals surface area contributed by atoms with Crippen molar-refractivity contribution in [2.24, 2.45) is 0 Å². The van der Waals surface area contributed by atoms with E-state index in [9.17, 15) is 9.46 Å². The van der Waals surface area contributed by atoms with Gasteiger partial charge in [0.2, 0.25) is 0 Å². The van der Waals surface area contributed by atoms with Gasteiger partial charge in [0.15, 0.2) is 0 Å². The molecule has 0 radical (unpaired) electrons. The Labute approximate surface area is 93.6 Å². The molecule has 0 aliphatic carbocycles. The molecule has 0 aliphatic heterocycles. The fourth-order valence-corrected chi connectivity index (χ4v) is 1.24. The quantitative estimate of drug-likeness (QED) is 0.418. The van der Waals surface area contributed by atoms with Crippen molar-refractivity contribution >= 4 is 8.03 Å². The van der Waals surface area contributed by atoms with Gasteiger partial charge in [-0.25, -0.2) is 0 Å². The van der Waals surface area contributed by atoms with E-state index in [1.807, 2.05) is 0 Å². The topological polar surface area (TPSA) is 60.4 Å². The van der Waals surface area contributed by atoms with Crippen molar-refractivity contribution in [3.63, 3.8) is 0 Å². The summed E-state index contributed by atoms with van der Waals surface area (Å²) in [5, 5.41) is 9.02. The van der Waals surface area contributed by atoms with Crippen LogP contribution in [0.5, 0.6) is 0 Å². The zero-order chi connectivity index (χ0) is 8.27. The van der Waals surface area contributed by atoms with Gasteiger partial charge in [-0.1, -0.05) is 30.3 Å². The minimum absolute atomic E-state index is 0. The molecule has 0 fully saturated rings. The number of hydrogen-bond donors (Lipinski definition) is 1. The second-order valence-corrected chi connectivity index (χ2v) is 3.32. The van der Waals surface area contributed by atoms with Crippen molar-refractivity contribution in [3.05, 3.63) is 35.9 Å². The third-order valence-electron chi connectivity index (χ3n) is 1.34. The standard InChI is InChI=1S/C7H9O3P.Na/c8-7(11(9)10)6-4-2-1-3-5-6;/h1-5,7-8,11H,(H,9,10);/q;+1/p-1. The normalized spacial score (nSPS) is 14.5. The molecule has 1 aromatic rings. The van der Waals surface area contributed by atoms with Gasteiger partial charge >= 0.3 is 29.6 Å². The third kappa shape index (κ3) is 3.40. The van der Waals surface area contributed by atoms with Crippen molar-refractivity contribution in [1.29, 1.82) is 0 Å². The van der Waals surface area contributed by atoms with Gasteiger partial charge in [-0.3, -0.25) is 0 Å². The molecular formula is C7H8NaO3P. The predicted octanol–water partition coefficient (Wildman–Crippen LogP) is -2.48. The summed E-state index contributed by atoms with van der Waals surface area (Å²) >= 11 is 0. The first-order chi connectivity index (χ1) is 5.22. The number of benzene rings is 1. The maximum Gasteiger partial charge on any atom is 1.00 e. The monoisotopic (exact) mass is 194 g/mol. The van der Waals surface area contributed by atoms with E-state index in [1.165, 1.54) is 0 Å². The first-order valence-electron chi connectivity index (χ1n) is 3.15. The number of aliphatic hydroxyl groups is 1. The first kappa shape index (κ1) is 12.4. The van der Waals surface area contributed by atoms with Crippen LogP contribution in [-0.2, 0) is 4.57 Å². The maximum atomic E-state index is 10.3. The Morgan fingerprint density at radius 2 is 1.83 bits per heavy atom. The van der Waals surface area contributed by atoms with Crippen molar-refractivity contribution in [2.75, 3.05) is 0 Å². The zero-order valence-corrected chi connectivity index (χ0v) is 9.73. The average molecular weight is 194 g/mol. The summed E-state index contributed by atoms with van der Waals surface area (Å²) in [5.74, 6) is -1.33. The van der Waals surface area contributed by atoms with Gasteiger partial charge in [0.05, 0.1) is 0 Å². The van der Waals surface area contributed by atoms with E-state index in [0.717, 1.165) is 0 Å². The van der Waals surface area contributed by atoms with Crippen LogP contribution in [0.15, 0.2) is 30.3 Å². The van der Waals surface area contributed by atoms with Crippen LogP contribution in [0.2, 0.25) is 0 Å². The molecule has 0 saturated carbocycles. The molecule has 0 heterocycles. The second-order valence-electron chi connectivity index (χ2n) is 2.13. The van der Waals surface area contributed by atoms with E-state index in [1.54, 1.807) is 30.3 Å². The van der Waals surface area contributed by atoms with Gasteiger partial charge in [-0.2, -0.15) is 0 Å². The molecule has 2 atom stereocenters. The predicted molar refractivity (Wildman–Crippen MR) is 40.4 cm³/mol. The summed E-state index contributed by atoms with van der Waals surface area (Å²) in [6.45, 7) is 0. The Morgan fingerprint density at radius 3 is 2.25 bits per heavy atom. The smallest absolute Gasteiger partial charge is 0.800 e. The molecule has 0 spiro atoms. The van der Waals surface area contributed by atoms with Gasteiger partial charge in [-0.05, 0) is 5.56 Å². The summed E-state index contributed by atoms with van der Waals surface area (Å²) in [7, 11) is -3.11. The van der Waals surface area contributed by atoms with Crippen LogP contribution in [0.4, 0.5) is 0 Å². The molecule has 12 heavy (non-hydrogen) atoms. The molecule has 1 aromatic carbocycles. The Hall–Kier alpha value is 0.370. The van der Waals surface area contributed by atoms with E-state index < -0.39 is 13.9 Å². The molecule has 0 bridgehead atoms. The molecule has 0 amide bonds. The minimum Gasteiger partial charge on any atom is -0.800 e. The van der Waals surface area contributed by atoms with Crippen molar-refractivity contribution < 1.29 is 44.1 Å². The van der Waals surface area contributed by atoms with Crippen molar-refractivity contribution in [1.82, 2.24) is 0 Å². The van der Waals surface area contributed by atoms with Crippen LogP contribution >= 0.6 is 8.03 Å². The maximum absolute atomic E-state index is 10.3. The molecule has 2 unspecified atom stereocenters. The Balaban J connectivity index is 0.00000121. The molecule has 0 saturated heterocycles. The first-order valence-corrected chi connectivity index (χ1v) is 4.55. The van der Waals surface area contributed by atoms with E-state index in [0.29, 0.717) is 5.56 Å². The number of hydrogen-bond acceptors (Lipinski definition) is 3. The van der Waals surface area contributed by atoms with Crippen LogP contribution in [0, 0.1) is 0 Å². The molecule has 5 heteroatoms. The van der Waals surface area contributed by atoms with E-state index in [-0.39, 0.29) is 29.6 Å². The Kier molecular flexibility index (Phi) is 6.10. The summed E-state index contributed by atoms with van der Waals surface area (Å²) < 4.78 is 10.3. The molecule has 0 aromatic heterocycles. The number of rotatable bonds is 2. The molecule has 1 N–H and O–H groups in total. The zero-order valence-electron chi connectivity index (χ0n) is 6.73. The summed E-state index contributed by atoms with van der Waals surface area (Å²) in [6, 6.07) is 8.28. The fraction of sp³-hybridized carbons (Fsp3) is 0.143. The van der Waals surface area contributed by atoms with Crippen molar-refractivity contribution in [2.45, 2.75) is 5.85 Å². The van der Waals surface area contributed by atoms with Gasteiger partial charge in [0.1, 0.15) is 5.85 Å². The molecule has 60 valence electrons. The minimum atomic E-state index is -3.11. The molecule has 3 nitrogen and oxygen atoms in total. The Morgan fingerprint density at radius 1 is 1.33 bits per heavy atom. The molecule has 1 rings (SSSR count). The van der Waals surface area contributed by atoms with E-state index in [4.69, 9.17) is 5.11 Å². The average Bonchev–Trinajstić information content (AvgIpc) is 2.05. The SMILES string of the molecule is O=[PH]([O-])C(O)c1ccccc1.[Na+]. The fourth-order valence-electron chi connectivity index (χ4n) is 0.771. The Bertz CT molecular complexity index is 252. The largest absolute Gasteiger partial charge is 1.00 e. The molecule has 0 aliphatic rings. The third-order valence-corrected chi connectivity index (χ3v) is 2.12. The van der Waals surface area contributed by atoms with E-state index in [2.05, 4.69) is 0 Å². The van der Waals surface area contributed by atoms with Crippen LogP contribution in [0.25, 0.3) is 0 Å². The van der Waals surface area contributed by atoms with Gasteiger partial charge in [-0.15, -0.1) is 0 Å².